The van der Waals surface area contributed by atoms with Crippen molar-refractivity contribution in [2.75, 3.05) is 13.2 Å². The van der Waals surface area contributed by atoms with Gasteiger partial charge in [0.15, 0.2) is 5.79 Å². The molecule has 0 unspecified atom stereocenters. The van der Waals surface area contributed by atoms with Gasteiger partial charge in [-0.2, -0.15) is 0 Å². The van der Waals surface area contributed by atoms with E-state index in [-0.39, 0.29) is 6.10 Å². The van der Waals surface area contributed by atoms with Crippen LogP contribution in [0, 0.1) is 0 Å². The van der Waals surface area contributed by atoms with Gasteiger partial charge in [-0.25, -0.2) is 0 Å². The number of hydrogen-bond acceptors (Lipinski definition) is 4. The van der Waals surface area contributed by atoms with E-state index in [2.05, 4.69) is 10.6 Å². The lowest BCUT2D eigenvalue weighted by Gasteiger charge is -2.21. The zero-order valence-corrected chi connectivity index (χ0v) is 13.0. The molecule has 2 fully saturated rings. The highest BCUT2D eigenvalue weighted by molar-refractivity contribution is 6.35. The minimum atomic E-state index is -0.642. The van der Waals surface area contributed by atoms with Crippen molar-refractivity contribution in [2.24, 2.45) is 0 Å². The van der Waals surface area contributed by atoms with E-state index in [1.807, 2.05) is 30.3 Å². The Bertz CT molecular complexity index is 555. The Balaban J connectivity index is 1.38. The van der Waals surface area contributed by atoms with E-state index in [9.17, 15) is 9.59 Å². The molecule has 6 heteroatoms. The maximum absolute atomic E-state index is 11.8. The lowest BCUT2D eigenvalue weighted by Crippen LogP contribution is -2.43. The van der Waals surface area contributed by atoms with Gasteiger partial charge < -0.3 is 20.1 Å². The first-order valence-electron chi connectivity index (χ1n) is 8.09. The van der Waals surface area contributed by atoms with Crippen LogP contribution in [0.1, 0.15) is 31.2 Å². The molecular formula is C17H22N2O4. The lowest BCUT2D eigenvalue weighted by atomic mass is 10.2. The number of carbonyl (C=O) groups is 2. The van der Waals surface area contributed by atoms with Crippen LogP contribution in [0.5, 0.6) is 0 Å². The van der Waals surface area contributed by atoms with Crippen molar-refractivity contribution in [3.63, 3.8) is 0 Å². The molecule has 0 radical (unpaired) electrons. The third-order valence-corrected chi connectivity index (χ3v) is 4.27. The monoisotopic (exact) mass is 318 g/mol. The van der Waals surface area contributed by atoms with Gasteiger partial charge in [-0.15, -0.1) is 0 Å². The summed E-state index contributed by atoms with van der Waals surface area (Å²) in [4.78, 5) is 23.6. The SMILES string of the molecule is O=C(NCc1ccccc1)C(=O)NC[C@@H]1COC2(CCCC2)O1. The summed E-state index contributed by atoms with van der Waals surface area (Å²) in [6, 6.07) is 9.46. The second-order valence-corrected chi connectivity index (χ2v) is 6.05. The largest absolute Gasteiger partial charge is 0.347 e. The molecule has 1 aliphatic heterocycles. The number of carbonyl (C=O) groups excluding carboxylic acids is 2. The van der Waals surface area contributed by atoms with E-state index in [1.165, 1.54) is 0 Å². The van der Waals surface area contributed by atoms with Crippen molar-refractivity contribution in [1.82, 2.24) is 10.6 Å². The fourth-order valence-electron chi connectivity index (χ4n) is 3.04. The highest BCUT2D eigenvalue weighted by atomic mass is 16.7. The van der Waals surface area contributed by atoms with E-state index in [4.69, 9.17) is 9.47 Å². The zero-order chi connectivity index (χ0) is 16.1. The highest BCUT2D eigenvalue weighted by Crippen LogP contribution is 2.38. The summed E-state index contributed by atoms with van der Waals surface area (Å²) in [7, 11) is 0. The number of rotatable bonds is 4. The lowest BCUT2D eigenvalue weighted by molar-refractivity contribution is -0.161. The summed E-state index contributed by atoms with van der Waals surface area (Å²) in [6.07, 6.45) is 3.87. The third kappa shape index (κ3) is 4.09. The van der Waals surface area contributed by atoms with Gasteiger partial charge in [-0.1, -0.05) is 30.3 Å². The van der Waals surface area contributed by atoms with Crippen LogP contribution in [0.3, 0.4) is 0 Å². The molecule has 2 aliphatic rings. The molecule has 124 valence electrons. The van der Waals surface area contributed by atoms with Gasteiger partial charge in [0.2, 0.25) is 0 Å². The topological polar surface area (TPSA) is 76.7 Å². The van der Waals surface area contributed by atoms with Crippen LogP contribution in [0.25, 0.3) is 0 Å². The average Bonchev–Trinajstić information content (AvgIpc) is 3.21. The predicted octanol–water partition coefficient (Wildman–Crippen LogP) is 1.10. The molecule has 1 aromatic rings. The molecule has 0 bridgehead atoms. The second kappa shape index (κ2) is 7.10. The number of amides is 2. The summed E-state index contributed by atoms with van der Waals surface area (Å²) in [5.41, 5.74) is 0.948. The van der Waals surface area contributed by atoms with E-state index < -0.39 is 17.6 Å². The van der Waals surface area contributed by atoms with Gasteiger partial charge in [-0.05, 0) is 18.4 Å². The van der Waals surface area contributed by atoms with Crippen molar-refractivity contribution in [1.29, 1.82) is 0 Å². The molecule has 1 atom stereocenters. The van der Waals surface area contributed by atoms with Crippen molar-refractivity contribution in [3.8, 4) is 0 Å². The van der Waals surface area contributed by atoms with Crippen LogP contribution in [-0.2, 0) is 25.6 Å². The molecule has 2 amide bonds. The first-order valence-corrected chi connectivity index (χ1v) is 8.09. The zero-order valence-electron chi connectivity index (χ0n) is 13.0. The summed E-state index contributed by atoms with van der Waals surface area (Å²) < 4.78 is 11.6. The molecule has 1 spiro atoms. The molecule has 0 aromatic heterocycles. The van der Waals surface area contributed by atoms with E-state index >= 15 is 0 Å². The van der Waals surface area contributed by atoms with Crippen molar-refractivity contribution < 1.29 is 19.1 Å². The molecule has 1 heterocycles. The number of ether oxygens (including phenoxy) is 2. The molecule has 1 saturated carbocycles. The maximum Gasteiger partial charge on any atom is 0.309 e. The van der Waals surface area contributed by atoms with E-state index in [0.717, 1.165) is 31.2 Å². The molecule has 23 heavy (non-hydrogen) atoms. The predicted molar refractivity (Wildman–Crippen MR) is 83.3 cm³/mol. The minimum absolute atomic E-state index is 0.182. The number of nitrogens with one attached hydrogen (secondary N) is 2. The van der Waals surface area contributed by atoms with Crippen molar-refractivity contribution >= 4 is 11.8 Å². The number of hydrogen-bond donors (Lipinski definition) is 2. The van der Waals surface area contributed by atoms with Crippen LogP contribution in [-0.4, -0.2) is 36.9 Å². The molecule has 1 saturated heterocycles. The first-order chi connectivity index (χ1) is 11.2. The number of benzene rings is 1. The maximum atomic E-state index is 11.8. The summed E-state index contributed by atoms with van der Waals surface area (Å²) in [5, 5.41) is 5.21. The average molecular weight is 318 g/mol. The Hall–Kier alpha value is -1.92. The Labute approximate surface area is 135 Å². The Morgan fingerprint density at radius 3 is 2.52 bits per heavy atom. The highest BCUT2D eigenvalue weighted by Gasteiger charge is 2.43. The molecule has 3 rings (SSSR count). The third-order valence-electron chi connectivity index (χ3n) is 4.27. The van der Waals surface area contributed by atoms with Gasteiger partial charge in [0.25, 0.3) is 0 Å². The van der Waals surface area contributed by atoms with E-state index in [0.29, 0.717) is 19.7 Å². The summed E-state index contributed by atoms with van der Waals surface area (Å²) >= 11 is 0. The molecular weight excluding hydrogens is 296 g/mol. The fraction of sp³-hybridized carbons (Fsp3) is 0.529. The van der Waals surface area contributed by atoms with Crippen molar-refractivity contribution in [2.45, 2.75) is 44.1 Å². The Morgan fingerprint density at radius 1 is 1.09 bits per heavy atom. The summed E-state index contributed by atoms with van der Waals surface area (Å²) in [6.45, 7) is 1.09. The van der Waals surface area contributed by atoms with Gasteiger partial charge in [0, 0.05) is 25.9 Å². The standard InChI is InChI=1S/C17H22N2O4/c20-15(18-10-13-6-2-1-3-7-13)16(21)19-11-14-12-22-17(23-14)8-4-5-9-17/h1-3,6-7,14H,4-5,8-12H2,(H,18,20)(H,19,21)/t14-/m1/s1. The fourth-order valence-corrected chi connectivity index (χ4v) is 3.04. The molecule has 1 aliphatic carbocycles. The van der Waals surface area contributed by atoms with Gasteiger partial charge in [-0.3, -0.25) is 9.59 Å². The van der Waals surface area contributed by atoms with Gasteiger partial charge in [0.1, 0.15) is 6.10 Å². The Morgan fingerprint density at radius 2 is 1.78 bits per heavy atom. The van der Waals surface area contributed by atoms with Gasteiger partial charge >= 0.3 is 11.8 Å². The van der Waals surface area contributed by atoms with Crippen LogP contribution in [0.2, 0.25) is 0 Å². The first kappa shape index (κ1) is 16.0. The van der Waals surface area contributed by atoms with Crippen LogP contribution < -0.4 is 10.6 Å². The molecule has 6 nitrogen and oxygen atoms in total. The van der Waals surface area contributed by atoms with Crippen LogP contribution >= 0.6 is 0 Å². The van der Waals surface area contributed by atoms with Crippen LogP contribution in [0.4, 0.5) is 0 Å². The minimum Gasteiger partial charge on any atom is -0.347 e. The van der Waals surface area contributed by atoms with E-state index in [1.54, 1.807) is 0 Å². The second-order valence-electron chi connectivity index (χ2n) is 6.05. The van der Waals surface area contributed by atoms with Crippen LogP contribution in [0.15, 0.2) is 30.3 Å². The summed E-state index contributed by atoms with van der Waals surface area (Å²) in [5.74, 6) is -1.72. The normalized spacial score (nSPS) is 22.2. The van der Waals surface area contributed by atoms with Gasteiger partial charge in [0.05, 0.1) is 6.61 Å². The molecule has 1 aromatic carbocycles. The Kier molecular flexibility index (Phi) is 4.93. The smallest absolute Gasteiger partial charge is 0.309 e. The molecule has 2 N–H and O–H groups in total. The van der Waals surface area contributed by atoms with Crippen molar-refractivity contribution in [3.05, 3.63) is 35.9 Å². The quantitative estimate of drug-likeness (QED) is 0.815.